The van der Waals surface area contributed by atoms with Crippen LogP contribution in [0.4, 0.5) is 0 Å². The van der Waals surface area contributed by atoms with Crippen LogP contribution in [0.15, 0.2) is 24.3 Å². The summed E-state index contributed by atoms with van der Waals surface area (Å²) in [5.74, 6) is -1.45. The van der Waals surface area contributed by atoms with E-state index in [4.69, 9.17) is 37.0 Å². The molecule has 0 aliphatic carbocycles. The van der Waals surface area contributed by atoms with Crippen molar-refractivity contribution >= 4 is 39.5 Å². The molecule has 0 heterocycles. The number of esters is 4. The van der Waals surface area contributed by atoms with Crippen LogP contribution in [0.1, 0.15) is 336 Å². The number of carbonyl (C=O) groups is 4. The number of rotatable bonds is 68. The van der Waals surface area contributed by atoms with Crippen LogP contribution >= 0.6 is 15.6 Å². The summed E-state index contributed by atoms with van der Waals surface area (Å²) in [6.45, 7) is 7.04. The number of carbonyl (C=O) groups excluding carboxylic acids is 4. The molecule has 0 aliphatic heterocycles. The highest BCUT2D eigenvalue weighted by atomic mass is 31.2. The Hall–Kier alpha value is -2.46. The Morgan fingerprint density at radius 3 is 0.921 bits per heavy atom. The van der Waals surface area contributed by atoms with Crippen LogP contribution in [-0.2, 0) is 65.4 Å². The van der Waals surface area contributed by atoms with E-state index in [-0.39, 0.29) is 25.7 Å². The van der Waals surface area contributed by atoms with E-state index in [9.17, 15) is 43.2 Å². The Kier molecular flexibility index (Phi) is 61.2. The van der Waals surface area contributed by atoms with E-state index >= 15 is 0 Å². The summed E-state index contributed by atoms with van der Waals surface area (Å²) in [5, 5.41) is 10.5. The number of ether oxygens (including phenoxy) is 4. The maximum atomic E-state index is 13.0. The van der Waals surface area contributed by atoms with E-state index in [1.807, 2.05) is 0 Å². The highest BCUT2D eigenvalue weighted by Crippen LogP contribution is 2.45. The van der Waals surface area contributed by atoms with Gasteiger partial charge < -0.3 is 33.8 Å². The molecule has 0 rings (SSSR count). The zero-order valence-electron chi connectivity index (χ0n) is 57.0. The Bertz CT molecular complexity index is 1810. The van der Waals surface area contributed by atoms with Crippen LogP contribution in [0.2, 0.25) is 0 Å². The number of hydrogen-bond donors (Lipinski definition) is 3. The fraction of sp³-hybridized carbons (Fsp3) is 0.886. The molecule has 0 aromatic heterocycles. The molecule has 5 atom stereocenters. The van der Waals surface area contributed by atoms with Gasteiger partial charge >= 0.3 is 39.5 Å². The van der Waals surface area contributed by atoms with Crippen LogP contribution in [-0.4, -0.2) is 96.7 Å². The third kappa shape index (κ3) is 64.1. The highest BCUT2D eigenvalue weighted by molar-refractivity contribution is 7.47. The first-order chi connectivity index (χ1) is 43.0. The predicted octanol–water partition coefficient (Wildman–Crippen LogP) is 19.7. The molecule has 17 nitrogen and oxygen atoms in total. The number of aliphatic hydroxyl groups is 1. The van der Waals surface area contributed by atoms with E-state index in [0.29, 0.717) is 25.7 Å². The number of unbranched alkanes of at least 4 members (excludes halogenated alkanes) is 37. The van der Waals surface area contributed by atoms with Crippen molar-refractivity contribution in [2.24, 2.45) is 5.92 Å². The minimum absolute atomic E-state index is 0.101. The van der Waals surface area contributed by atoms with Gasteiger partial charge in [0.1, 0.15) is 19.3 Å². The van der Waals surface area contributed by atoms with Crippen LogP contribution in [0.25, 0.3) is 0 Å². The largest absolute Gasteiger partial charge is 0.472 e. The van der Waals surface area contributed by atoms with Gasteiger partial charge in [0.2, 0.25) is 0 Å². The predicted molar refractivity (Wildman–Crippen MR) is 358 cm³/mol. The van der Waals surface area contributed by atoms with Crippen LogP contribution in [0, 0.1) is 5.92 Å². The molecule has 0 aromatic rings. The molecule has 19 heteroatoms. The van der Waals surface area contributed by atoms with Gasteiger partial charge in [-0.25, -0.2) is 9.13 Å². The standard InChI is InChI=1S/C70H132O17P2/c1-6-9-12-15-17-19-21-23-25-26-27-29-31-33-35-40-45-50-55-69(74)87-66(60-81-68(73)54-49-44-39-34-32-30-28-24-22-20-18-16-13-10-7-2)62-85-89(78,79)83-58-64(71)57-82-88(76,77)84-61-65(59-80-67(72)53-48-42-14-11-8-3)86-70(75)56-51-46-41-37-36-38-43-47-52-63(4)5/h20,22,24,28,63-66,71H,6-19,21,23,25-27,29-62H2,1-5H3,(H,76,77)(H,78,79)/b22-20-,28-24-/t64-,65+,66+/m0/s1. The first-order valence-corrected chi connectivity index (χ1v) is 38.9. The third-order valence-corrected chi connectivity index (χ3v) is 17.6. The quantitative estimate of drug-likeness (QED) is 0.0169. The summed E-state index contributed by atoms with van der Waals surface area (Å²) in [7, 11) is -9.90. The van der Waals surface area contributed by atoms with Crippen molar-refractivity contribution in [2.75, 3.05) is 39.6 Å². The van der Waals surface area contributed by atoms with Gasteiger partial charge in [0, 0.05) is 25.7 Å². The first-order valence-electron chi connectivity index (χ1n) is 36.0. The van der Waals surface area contributed by atoms with E-state index in [2.05, 4.69) is 58.9 Å². The van der Waals surface area contributed by atoms with Crippen molar-refractivity contribution in [1.29, 1.82) is 0 Å². The maximum absolute atomic E-state index is 13.0. The van der Waals surface area contributed by atoms with Crippen molar-refractivity contribution in [3.8, 4) is 0 Å². The maximum Gasteiger partial charge on any atom is 0.472 e. The molecule has 3 N–H and O–H groups in total. The van der Waals surface area contributed by atoms with Gasteiger partial charge in [-0.2, -0.15) is 0 Å². The molecule has 0 aromatic carbocycles. The van der Waals surface area contributed by atoms with Gasteiger partial charge in [0.15, 0.2) is 12.2 Å². The zero-order valence-corrected chi connectivity index (χ0v) is 58.8. The van der Waals surface area contributed by atoms with E-state index in [1.54, 1.807) is 0 Å². The van der Waals surface area contributed by atoms with Crippen LogP contribution in [0.5, 0.6) is 0 Å². The minimum Gasteiger partial charge on any atom is -0.462 e. The monoisotopic (exact) mass is 1310 g/mol. The molecule has 0 fully saturated rings. The molecule has 0 radical (unpaired) electrons. The molecule has 89 heavy (non-hydrogen) atoms. The highest BCUT2D eigenvalue weighted by Gasteiger charge is 2.30. The number of aliphatic hydroxyl groups excluding tert-OH is 1. The Balaban J connectivity index is 5.19. The Morgan fingerprint density at radius 1 is 0.348 bits per heavy atom. The summed E-state index contributed by atoms with van der Waals surface area (Å²) in [5.41, 5.74) is 0. The molecular formula is C70H132O17P2. The summed E-state index contributed by atoms with van der Waals surface area (Å²) >= 11 is 0. The Labute approximate surface area is 542 Å². The summed E-state index contributed by atoms with van der Waals surface area (Å²) in [4.78, 5) is 72.2. The molecule has 524 valence electrons. The topological polar surface area (TPSA) is 237 Å². The molecule has 0 aliphatic rings. The molecule has 0 spiro atoms. The second-order valence-electron chi connectivity index (χ2n) is 25.1. The summed E-state index contributed by atoms with van der Waals surface area (Å²) in [6, 6.07) is 0. The van der Waals surface area contributed by atoms with Crippen molar-refractivity contribution in [3.05, 3.63) is 24.3 Å². The van der Waals surface area contributed by atoms with Crippen LogP contribution in [0.3, 0.4) is 0 Å². The van der Waals surface area contributed by atoms with Crippen molar-refractivity contribution in [3.63, 3.8) is 0 Å². The number of phosphoric ester groups is 2. The van der Waals surface area contributed by atoms with E-state index in [1.165, 1.54) is 135 Å². The van der Waals surface area contributed by atoms with E-state index in [0.717, 1.165) is 121 Å². The van der Waals surface area contributed by atoms with Gasteiger partial charge in [0.05, 0.1) is 26.4 Å². The second-order valence-corrected chi connectivity index (χ2v) is 28.0. The SMILES string of the molecule is CCCCCC/C=C\C=C/CCCCCCCC(=O)OC[C@H](COP(=O)(O)OC[C@@H](O)COP(=O)(O)OC[C@@H](COC(=O)CCCCCCC)OC(=O)CCCCCCCCCCC(C)C)OC(=O)CCCCCCCCCCCCCCCCCCCC. The average molecular weight is 1310 g/mol. The lowest BCUT2D eigenvalue weighted by Crippen LogP contribution is -2.30. The average Bonchev–Trinajstić information content (AvgIpc) is 3.69. The minimum atomic E-state index is -4.96. The normalized spacial score (nSPS) is 14.3. The van der Waals surface area contributed by atoms with Gasteiger partial charge in [-0.3, -0.25) is 37.3 Å². The first kappa shape index (κ1) is 86.5. The fourth-order valence-electron chi connectivity index (χ4n) is 10.1. The van der Waals surface area contributed by atoms with Gasteiger partial charge in [-0.05, 0) is 57.3 Å². The number of hydrogen-bond acceptors (Lipinski definition) is 15. The molecule has 0 amide bonds. The molecule has 0 saturated heterocycles. The lowest BCUT2D eigenvalue weighted by molar-refractivity contribution is -0.161. The summed E-state index contributed by atoms with van der Waals surface area (Å²) in [6.07, 6.45) is 52.7. The van der Waals surface area contributed by atoms with Gasteiger partial charge in [-0.15, -0.1) is 0 Å². The zero-order chi connectivity index (χ0) is 65.6. The molecule has 0 saturated carbocycles. The second kappa shape index (κ2) is 63.0. The number of allylic oxidation sites excluding steroid dienone is 4. The third-order valence-electron chi connectivity index (χ3n) is 15.7. The molecular weight excluding hydrogens is 1170 g/mol. The lowest BCUT2D eigenvalue weighted by atomic mass is 10.0. The van der Waals surface area contributed by atoms with Crippen molar-refractivity contribution < 1.29 is 80.2 Å². The van der Waals surface area contributed by atoms with Gasteiger partial charge in [0.25, 0.3) is 0 Å². The fourth-order valence-corrected chi connectivity index (χ4v) is 11.7. The lowest BCUT2D eigenvalue weighted by Gasteiger charge is -2.21. The van der Waals surface area contributed by atoms with Crippen molar-refractivity contribution in [1.82, 2.24) is 0 Å². The van der Waals surface area contributed by atoms with E-state index < -0.39 is 97.5 Å². The smallest absolute Gasteiger partial charge is 0.462 e. The molecule has 2 unspecified atom stereocenters. The van der Waals surface area contributed by atoms with Gasteiger partial charge in [-0.1, -0.05) is 284 Å². The number of phosphoric acid groups is 2. The van der Waals surface area contributed by atoms with Crippen molar-refractivity contribution in [2.45, 2.75) is 355 Å². The molecule has 0 bridgehead atoms. The Morgan fingerprint density at radius 2 is 0.607 bits per heavy atom. The van der Waals surface area contributed by atoms with Crippen LogP contribution < -0.4 is 0 Å². The summed E-state index contributed by atoms with van der Waals surface area (Å²) < 4.78 is 68.0.